The number of aromatic nitrogens is 2. The molecule has 0 amide bonds. The zero-order chi connectivity index (χ0) is 16.4. The summed E-state index contributed by atoms with van der Waals surface area (Å²) in [5.74, 6) is 1.01. The highest BCUT2D eigenvalue weighted by atomic mass is 16.5. The maximum atomic E-state index is 9.86. The molecule has 0 radical (unpaired) electrons. The summed E-state index contributed by atoms with van der Waals surface area (Å²) in [6.45, 7) is 0. The first-order valence-corrected chi connectivity index (χ1v) is 7.04. The lowest BCUT2D eigenvalue weighted by atomic mass is 10.1. The Bertz CT molecular complexity index is 949. The van der Waals surface area contributed by atoms with Crippen LogP contribution in [0.2, 0.25) is 0 Å². The molecule has 5 heteroatoms. The zero-order valence-corrected chi connectivity index (χ0v) is 12.8. The molecular formula is C18H15N3O2. The first-order valence-electron chi connectivity index (χ1n) is 7.04. The Hall–Kier alpha value is -3.26. The molecule has 0 atom stereocenters. The smallest absolute Gasteiger partial charge is 0.160 e. The van der Waals surface area contributed by atoms with Crippen molar-refractivity contribution in [2.24, 2.45) is 7.05 Å². The van der Waals surface area contributed by atoms with Gasteiger partial charge in [-0.25, -0.2) is 4.98 Å². The van der Waals surface area contributed by atoms with Crippen LogP contribution in [0.15, 0.2) is 42.5 Å². The van der Waals surface area contributed by atoms with E-state index in [4.69, 9.17) is 4.74 Å². The molecule has 0 saturated carbocycles. The standard InChI is InChI=1S/C18H15N3O2/c1-21-15-6-4-3-5-14(15)20-18(21)13(11-19)9-12-7-8-17(23-2)16(22)10-12/h3-10,22H,1-2H3/b13-9+. The summed E-state index contributed by atoms with van der Waals surface area (Å²) in [4.78, 5) is 4.52. The van der Waals surface area contributed by atoms with E-state index in [1.807, 2.05) is 35.9 Å². The van der Waals surface area contributed by atoms with Gasteiger partial charge in [0.05, 0.1) is 23.7 Å². The molecule has 0 aliphatic heterocycles. The van der Waals surface area contributed by atoms with E-state index < -0.39 is 0 Å². The van der Waals surface area contributed by atoms with E-state index in [9.17, 15) is 10.4 Å². The number of ether oxygens (including phenoxy) is 1. The Morgan fingerprint density at radius 2 is 2.09 bits per heavy atom. The van der Waals surface area contributed by atoms with Crippen LogP contribution >= 0.6 is 0 Å². The van der Waals surface area contributed by atoms with Crippen LogP contribution in [-0.4, -0.2) is 21.8 Å². The number of aromatic hydroxyl groups is 1. The molecule has 114 valence electrons. The average molecular weight is 305 g/mol. The van der Waals surface area contributed by atoms with Gasteiger partial charge in [0.15, 0.2) is 17.3 Å². The summed E-state index contributed by atoms with van der Waals surface area (Å²) in [5, 5.41) is 19.4. The Labute approximate surface area is 133 Å². The van der Waals surface area contributed by atoms with Crippen LogP contribution < -0.4 is 4.74 Å². The van der Waals surface area contributed by atoms with Crippen molar-refractivity contribution in [1.82, 2.24) is 9.55 Å². The summed E-state index contributed by atoms with van der Waals surface area (Å²) in [6.07, 6.45) is 1.69. The summed E-state index contributed by atoms with van der Waals surface area (Å²) < 4.78 is 6.91. The van der Waals surface area contributed by atoms with Crippen molar-refractivity contribution in [3.8, 4) is 17.6 Å². The highest BCUT2D eigenvalue weighted by Gasteiger charge is 2.12. The molecule has 0 aliphatic carbocycles. The lowest BCUT2D eigenvalue weighted by Gasteiger charge is -2.04. The molecule has 0 aliphatic rings. The maximum Gasteiger partial charge on any atom is 0.160 e. The molecule has 0 spiro atoms. The minimum absolute atomic E-state index is 0.0311. The number of nitriles is 1. The molecule has 3 rings (SSSR count). The van der Waals surface area contributed by atoms with Crippen molar-refractivity contribution >= 4 is 22.7 Å². The second kappa shape index (κ2) is 5.85. The van der Waals surface area contributed by atoms with Crippen LogP contribution in [0.25, 0.3) is 22.7 Å². The van der Waals surface area contributed by atoms with Gasteiger partial charge in [0.2, 0.25) is 0 Å². The number of hydrogen-bond donors (Lipinski definition) is 1. The number of phenolic OH excluding ortho intramolecular Hbond substituents is 1. The molecule has 1 N–H and O–H groups in total. The van der Waals surface area contributed by atoms with Crippen LogP contribution in [0, 0.1) is 11.3 Å². The van der Waals surface area contributed by atoms with Crippen LogP contribution in [0.1, 0.15) is 11.4 Å². The Morgan fingerprint density at radius 1 is 1.30 bits per heavy atom. The number of imidazole rings is 1. The molecule has 0 saturated heterocycles. The number of allylic oxidation sites excluding steroid dienone is 1. The molecule has 0 unspecified atom stereocenters. The third-order valence-electron chi connectivity index (χ3n) is 3.66. The molecule has 1 aromatic heterocycles. The predicted octanol–water partition coefficient (Wildman–Crippen LogP) is 3.35. The van der Waals surface area contributed by atoms with Gasteiger partial charge in [0.25, 0.3) is 0 Å². The second-order valence-corrected chi connectivity index (χ2v) is 5.08. The fourth-order valence-corrected chi connectivity index (χ4v) is 2.50. The Kier molecular flexibility index (Phi) is 3.73. The van der Waals surface area contributed by atoms with Gasteiger partial charge in [0.1, 0.15) is 6.07 Å². The van der Waals surface area contributed by atoms with Crippen molar-refractivity contribution in [2.75, 3.05) is 7.11 Å². The van der Waals surface area contributed by atoms with E-state index in [0.29, 0.717) is 22.7 Å². The predicted molar refractivity (Wildman–Crippen MR) is 88.9 cm³/mol. The summed E-state index contributed by atoms with van der Waals surface area (Å²) in [5.41, 5.74) is 2.92. The first-order chi connectivity index (χ1) is 11.1. The Morgan fingerprint density at radius 3 is 2.74 bits per heavy atom. The second-order valence-electron chi connectivity index (χ2n) is 5.08. The van der Waals surface area contributed by atoms with Crippen LogP contribution in [0.5, 0.6) is 11.5 Å². The molecular weight excluding hydrogens is 290 g/mol. The number of benzene rings is 2. The van der Waals surface area contributed by atoms with Crippen molar-refractivity contribution in [3.05, 3.63) is 53.9 Å². The third-order valence-corrected chi connectivity index (χ3v) is 3.66. The van der Waals surface area contributed by atoms with Crippen LogP contribution in [0.3, 0.4) is 0 Å². The van der Waals surface area contributed by atoms with E-state index in [1.165, 1.54) is 7.11 Å². The van der Waals surface area contributed by atoms with Gasteiger partial charge in [-0.05, 0) is 35.9 Å². The lowest BCUT2D eigenvalue weighted by Crippen LogP contribution is -1.96. The van der Waals surface area contributed by atoms with Crippen molar-refractivity contribution in [3.63, 3.8) is 0 Å². The highest BCUT2D eigenvalue weighted by Crippen LogP contribution is 2.28. The Balaban J connectivity index is 2.10. The largest absolute Gasteiger partial charge is 0.504 e. The van der Waals surface area contributed by atoms with Crippen molar-refractivity contribution < 1.29 is 9.84 Å². The van der Waals surface area contributed by atoms with Gasteiger partial charge in [-0.3, -0.25) is 0 Å². The van der Waals surface area contributed by atoms with Gasteiger partial charge >= 0.3 is 0 Å². The minimum Gasteiger partial charge on any atom is -0.504 e. The van der Waals surface area contributed by atoms with E-state index in [1.54, 1.807) is 24.3 Å². The average Bonchev–Trinajstić information content (AvgIpc) is 2.90. The number of rotatable bonds is 3. The number of nitrogens with zero attached hydrogens (tertiary/aromatic N) is 3. The minimum atomic E-state index is 0.0311. The summed E-state index contributed by atoms with van der Waals surface area (Å²) >= 11 is 0. The van der Waals surface area contributed by atoms with E-state index in [0.717, 1.165) is 11.0 Å². The van der Waals surface area contributed by atoms with E-state index in [2.05, 4.69) is 11.1 Å². The van der Waals surface area contributed by atoms with Gasteiger partial charge in [0, 0.05) is 7.05 Å². The summed E-state index contributed by atoms with van der Waals surface area (Å²) in [7, 11) is 3.37. The van der Waals surface area contributed by atoms with Gasteiger partial charge in [-0.1, -0.05) is 18.2 Å². The van der Waals surface area contributed by atoms with E-state index >= 15 is 0 Å². The number of aryl methyl sites for hydroxylation is 1. The molecule has 3 aromatic rings. The SMILES string of the molecule is COc1ccc(/C=C(\C#N)c2nc3ccccc3n2C)cc1O. The molecule has 0 fully saturated rings. The number of fused-ring (bicyclic) bond motifs is 1. The van der Waals surface area contributed by atoms with Crippen molar-refractivity contribution in [2.45, 2.75) is 0 Å². The van der Waals surface area contributed by atoms with Gasteiger partial charge in [-0.15, -0.1) is 0 Å². The molecule has 1 heterocycles. The monoisotopic (exact) mass is 305 g/mol. The normalized spacial score (nSPS) is 11.4. The quantitative estimate of drug-likeness (QED) is 0.753. The van der Waals surface area contributed by atoms with Crippen molar-refractivity contribution in [1.29, 1.82) is 5.26 Å². The highest BCUT2D eigenvalue weighted by molar-refractivity contribution is 5.91. The lowest BCUT2D eigenvalue weighted by molar-refractivity contribution is 0.373. The number of para-hydroxylation sites is 2. The fourth-order valence-electron chi connectivity index (χ4n) is 2.50. The van der Waals surface area contributed by atoms with Crippen LogP contribution in [-0.2, 0) is 7.05 Å². The molecule has 2 aromatic carbocycles. The van der Waals surface area contributed by atoms with Crippen LogP contribution in [0.4, 0.5) is 0 Å². The van der Waals surface area contributed by atoms with Gasteiger partial charge in [-0.2, -0.15) is 5.26 Å². The maximum absolute atomic E-state index is 9.86. The molecule has 0 bridgehead atoms. The third kappa shape index (κ3) is 2.62. The fraction of sp³-hybridized carbons (Fsp3) is 0.111. The first kappa shape index (κ1) is 14.7. The van der Waals surface area contributed by atoms with Gasteiger partial charge < -0.3 is 14.4 Å². The number of methoxy groups -OCH3 is 1. The molecule has 5 nitrogen and oxygen atoms in total. The van der Waals surface area contributed by atoms with E-state index in [-0.39, 0.29) is 5.75 Å². The molecule has 23 heavy (non-hydrogen) atoms. The zero-order valence-electron chi connectivity index (χ0n) is 12.8. The number of hydrogen-bond acceptors (Lipinski definition) is 4. The topological polar surface area (TPSA) is 71.1 Å². The number of phenols is 1. The summed E-state index contributed by atoms with van der Waals surface area (Å²) in [6, 6.07) is 14.9.